The van der Waals surface area contributed by atoms with Crippen LogP contribution in [0.1, 0.15) is 16.1 Å². The van der Waals surface area contributed by atoms with Crippen molar-refractivity contribution in [2.45, 2.75) is 6.92 Å². The number of methoxy groups -OCH3 is 1. The highest BCUT2D eigenvalue weighted by molar-refractivity contribution is 5.87. The molecule has 0 fully saturated rings. The number of carbonyl (C=O) groups excluding carboxylic acids is 1. The highest BCUT2D eigenvalue weighted by Gasteiger charge is 2.08. The Morgan fingerprint density at radius 3 is 2.56 bits per heavy atom. The summed E-state index contributed by atoms with van der Waals surface area (Å²) in [7, 11) is 1.30. The normalized spacial score (nSPS) is 10.2. The van der Waals surface area contributed by atoms with Crippen molar-refractivity contribution >= 4 is 17.5 Å². The van der Waals surface area contributed by atoms with Crippen LogP contribution in [0.2, 0.25) is 0 Å². The standard InChI is InChI=1S/C19H17N3O3/c1-13-4-3-5-16(10-13)25-15-8-6-14(7-9-15)21-18-12-20-11-17(22-18)19(23)24-2/h3-12H,1-2H3,(H,21,22). The zero-order chi connectivity index (χ0) is 17.6. The lowest BCUT2D eigenvalue weighted by Gasteiger charge is -2.09. The zero-order valence-electron chi connectivity index (χ0n) is 13.9. The minimum absolute atomic E-state index is 0.145. The number of esters is 1. The Labute approximate surface area is 145 Å². The molecule has 0 atom stereocenters. The fraction of sp³-hybridized carbons (Fsp3) is 0.105. The molecule has 1 heterocycles. The number of nitrogens with zero attached hydrogens (tertiary/aromatic N) is 2. The predicted octanol–water partition coefficient (Wildman–Crippen LogP) is 4.11. The van der Waals surface area contributed by atoms with Gasteiger partial charge in [0.2, 0.25) is 0 Å². The Morgan fingerprint density at radius 2 is 1.84 bits per heavy atom. The molecule has 0 aliphatic rings. The number of aryl methyl sites for hydroxylation is 1. The Bertz CT molecular complexity index is 879. The highest BCUT2D eigenvalue weighted by atomic mass is 16.5. The summed E-state index contributed by atoms with van der Waals surface area (Å²) in [5.41, 5.74) is 2.08. The van der Waals surface area contributed by atoms with Gasteiger partial charge in [0.05, 0.1) is 19.5 Å². The lowest BCUT2D eigenvalue weighted by Crippen LogP contribution is -2.06. The van der Waals surface area contributed by atoms with Gasteiger partial charge in [-0.3, -0.25) is 4.98 Å². The molecule has 0 amide bonds. The highest BCUT2D eigenvalue weighted by Crippen LogP contribution is 2.24. The SMILES string of the molecule is COC(=O)c1cncc(Nc2ccc(Oc3cccc(C)c3)cc2)n1. The minimum atomic E-state index is -0.530. The second-order valence-electron chi connectivity index (χ2n) is 5.35. The lowest BCUT2D eigenvalue weighted by molar-refractivity contribution is 0.0593. The van der Waals surface area contributed by atoms with Crippen molar-refractivity contribution in [3.05, 3.63) is 72.2 Å². The van der Waals surface area contributed by atoms with E-state index in [0.29, 0.717) is 5.82 Å². The van der Waals surface area contributed by atoms with E-state index in [2.05, 4.69) is 20.0 Å². The average Bonchev–Trinajstić information content (AvgIpc) is 2.63. The molecule has 0 bridgehead atoms. The molecule has 0 unspecified atom stereocenters. The third-order valence-electron chi connectivity index (χ3n) is 3.38. The Hall–Kier alpha value is -3.41. The van der Waals surface area contributed by atoms with Crippen LogP contribution in [0.3, 0.4) is 0 Å². The fourth-order valence-electron chi connectivity index (χ4n) is 2.20. The van der Waals surface area contributed by atoms with Gasteiger partial charge in [-0.05, 0) is 48.9 Å². The first-order valence-corrected chi connectivity index (χ1v) is 7.66. The molecule has 1 N–H and O–H groups in total. The molecule has 0 radical (unpaired) electrons. The van der Waals surface area contributed by atoms with Crippen LogP contribution in [0, 0.1) is 6.92 Å². The molecule has 0 spiro atoms. The number of carbonyl (C=O) groups is 1. The molecule has 0 saturated carbocycles. The van der Waals surface area contributed by atoms with Gasteiger partial charge >= 0.3 is 5.97 Å². The number of rotatable bonds is 5. The molecule has 0 aliphatic carbocycles. The van der Waals surface area contributed by atoms with Gasteiger partial charge in [-0.25, -0.2) is 9.78 Å². The van der Waals surface area contributed by atoms with Crippen LogP contribution in [-0.2, 0) is 4.74 Å². The maximum Gasteiger partial charge on any atom is 0.358 e. The molecule has 6 heteroatoms. The van der Waals surface area contributed by atoms with Gasteiger partial charge in [-0.1, -0.05) is 12.1 Å². The molecule has 25 heavy (non-hydrogen) atoms. The van der Waals surface area contributed by atoms with Crippen molar-refractivity contribution in [3.8, 4) is 11.5 Å². The first-order valence-electron chi connectivity index (χ1n) is 7.66. The molecule has 2 aromatic carbocycles. The number of hydrogen-bond donors (Lipinski definition) is 1. The van der Waals surface area contributed by atoms with Crippen molar-refractivity contribution in [2.75, 3.05) is 12.4 Å². The number of hydrogen-bond acceptors (Lipinski definition) is 6. The average molecular weight is 335 g/mol. The van der Waals surface area contributed by atoms with Gasteiger partial charge in [-0.15, -0.1) is 0 Å². The molecule has 1 aromatic heterocycles. The topological polar surface area (TPSA) is 73.3 Å². The van der Waals surface area contributed by atoms with E-state index in [4.69, 9.17) is 4.74 Å². The Kier molecular flexibility index (Phi) is 4.89. The quantitative estimate of drug-likeness (QED) is 0.708. The zero-order valence-corrected chi connectivity index (χ0v) is 13.9. The summed E-state index contributed by atoms with van der Waals surface area (Å²) < 4.78 is 10.4. The van der Waals surface area contributed by atoms with Gasteiger partial charge in [-0.2, -0.15) is 0 Å². The van der Waals surface area contributed by atoms with Gasteiger partial charge in [0.15, 0.2) is 5.69 Å². The predicted molar refractivity (Wildman–Crippen MR) is 94.3 cm³/mol. The third-order valence-corrected chi connectivity index (χ3v) is 3.38. The molecular formula is C19H17N3O3. The van der Waals surface area contributed by atoms with Crippen LogP contribution >= 0.6 is 0 Å². The van der Waals surface area contributed by atoms with Crippen LogP contribution in [0.5, 0.6) is 11.5 Å². The molecular weight excluding hydrogens is 318 g/mol. The smallest absolute Gasteiger partial charge is 0.358 e. The second kappa shape index (κ2) is 7.44. The van der Waals surface area contributed by atoms with Crippen molar-refractivity contribution in [3.63, 3.8) is 0 Å². The number of anilines is 2. The van der Waals surface area contributed by atoms with Gasteiger partial charge in [0.25, 0.3) is 0 Å². The van der Waals surface area contributed by atoms with E-state index < -0.39 is 5.97 Å². The van der Waals surface area contributed by atoms with E-state index in [9.17, 15) is 4.79 Å². The van der Waals surface area contributed by atoms with Crippen LogP contribution in [0.4, 0.5) is 11.5 Å². The summed E-state index contributed by atoms with van der Waals surface area (Å²) in [6.07, 6.45) is 2.89. The van der Waals surface area contributed by atoms with E-state index in [0.717, 1.165) is 22.7 Å². The molecule has 0 aliphatic heterocycles. The molecule has 3 aromatic rings. The summed E-state index contributed by atoms with van der Waals surface area (Å²) in [5.74, 6) is 1.44. The summed E-state index contributed by atoms with van der Waals surface area (Å²) in [5, 5.41) is 3.09. The van der Waals surface area contributed by atoms with Gasteiger partial charge in [0.1, 0.15) is 17.3 Å². The van der Waals surface area contributed by atoms with E-state index in [-0.39, 0.29) is 5.69 Å². The molecule has 126 valence electrons. The van der Waals surface area contributed by atoms with Crippen molar-refractivity contribution in [1.82, 2.24) is 9.97 Å². The first-order chi connectivity index (χ1) is 12.1. The maximum absolute atomic E-state index is 11.5. The second-order valence-corrected chi connectivity index (χ2v) is 5.35. The summed E-state index contributed by atoms with van der Waals surface area (Å²) in [6, 6.07) is 15.3. The largest absolute Gasteiger partial charge is 0.464 e. The van der Waals surface area contributed by atoms with E-state index in [1.54, 1.807) is 0 Å². The van der Waals surface area contributed by atoms with Gasteiger partial charge in [0, 0.05) is 5.69 Å². The number of nitrogens with one attached hydrogen (secondary N) is 1. The Balaban J connectivity index is 1.69. The Morgan fingerprint density at radius 1 is 1.04 bits per heavy atom. The van der Waals surface area contributed by atoms with Crippen molar-refractivity contribution in [1.29, 1.82) is 0 Å². The minimum Gasteiger partial charge on any atom is -0.464 e. The lowest BCUT2D eigenvalue weighted by atomic mass is 10.2. The summed E-state index contributed by atoms with van der Waals surface area (Å²) in [6.45, 7) is 2.02. The number of aromatic nitrogens is 2. The van der Waals surface area contributed by atoms with Crippen LogP contribution in [0.25, 0.3) is 0 Å². The van der Waals surface area contributed by atoms with Crippen molar-refractivity contribution < 1.29 is 14.3 Å². The van der Waals surface area contributed by atoms with E-state index in [1.807, 2.05) is 55.5 Å². The maximum atomic E-state index is 11.5. The fourth-order valence-corrected chi connectivity index (χ4v) is 2.20. The van der Waals surface area contributed by atoms with E-state index >= 15 is 0 Å². The number of ether oxygens (including phenoxy) is 2. The van der Waals surface area contributed by atoms with Crippen LogP contribution < -0.4 is 10.1 Å². The summed E-state index contributed by atoms with van der Waals surface area (Å²) >= 11 is 0. The van der Waals surface area contributed by atoms with Crippen molar-refractivity contribution in [2.24, 2.45) is 0 Å². The first kappa shape index (κ1) is 16.4. The van der Waals surface area contributed by atoms with Gasteiger partial charge < -0.3 is 14.8 Å². The van der Waals surface area contributed by atoms with Crippen LogP contribution in [-0.4, -0.2) is 23.0 Å². The molecule has 0 saturated heterocycles. The summed E-state index contributed by atoms with van der Waals surface area (Å²) in [4.78, 5) is 19.6. The molecule has 6 nitrogen and oxygen atoms in total. The molecule has 3 rings (SSSR count). The van der Waals surface area contributed by atoms with Crippen LogP contribution in [0.15, 0.2) is 60.9 Å². The third kappa shape index (κ3) is 4.32. The van der Waals surface area contributed by atoms with E-state index in [1.165, 1.54) is 19.5 Å². The monoisotopic (exact) mass is 335 g/mol. The number of benzene rings is 2.